The van der Waals surface area contributed by atoms with E-state index in [1.807, 2.05) is 0 Å². The third kappa shape index (κ3) is 5.33. The zero-order valence-electron chi connectivity index (χ0n) is 5.26. The second-order valence-corrected chi connectivity index (χ2v) is 1.49. The number of primary amides is 1. The molecule has 3 nitrogen and oxygen atoms in total. The molecule has 0 bridgehead atoms. The number of rotatable bonds is 2. The van der Waals surface area contributed by atoms with Crippen LogP contribution in [-0.4, -0.2) is 12.5 Å². The molecule has 0 radical (unpaired) electrons. The average molecular weight is 151 g/mol. The van der Waals surface area contributed by atoms with Gasteiger partial charge in [0.2, 0.25) is 5.91 Å². The first-order chi connectivity index (χ1) is 3.68. The van der Waals surface area contributed by atoms with Crippen LogP contribution in [0.25, 0.3) is 0 Å². The van der Waals surface area contributed by atoms with Crippen LogP contribution in [0.2, 0.25) is 0 Å². The zero-order valence-corrected chi connectivity index (χ0v) is 6.07. The molecule has 0 unspecified atom stereocenters. The SMILES string of the molecule is CC(=CCN)C(N)=O.Cl. The first kappa shape index (κ1) is 11.3. The Labute approximate surface area is 60.5 Å². The van der Waals surface area contributed by atoms with E-state index in [9.17, 15) is 4.79 Å². The van der Waals surface area contributed by atoms with Gasteiger partial charge >= 0.3 is 0 Å². The lowest BCUT2D eigenvalue weighted by molar-refractivity contribution is -0.114. The smallest absolute Gasteiger partial charge is 0.244 e. The monoisotopic (exact) mass is 150 g/mol. The minimum atomic E-state index is -0.407. The topological polar surface area (TPSA) is 69.1 Å². The van der Waals surface area contributed by atoms with E-state index < -0.39 is 5.91 Å². The van der Waals surface area contributed by atoms with Gasteiger partial charge in [-0.2, -0.15) is 0 Å². The first-order valence-electron chi connectivity index (χ1n) is 2.35. The fourth-order valence-electron chi connectivity index (χ4n) is 0.277. The molecule has 0 aromatic rings. The Morgan fingerprint density at radius 1 is 1.67 bits per heavy atom. The molecule has 0 aliphatic heterocycles. The van der Waals surface area contributed by atoms with Gasteiger partial charge in [0.25, 0.3) is 0 Å². The quantitative estimate of drug-likeness (QED) is 0.536. The molecule has 0 spiro atoms. The van der Waals surface area contributed by atoms with Crippen molar-refractivity contribution in [2.45, 2.75) is 6.92 Å². The zero-order chi connectivity index (χ0) is 6.57. The maximum Gasteiger partial charge on any atom is 0.244 e. The molecule has 0 aromatic carbocycles. The lowest BCUT2D eigenvalue weighted by atomic mass is 10.3. The van der Waals surface area contributed by atoms with E-state index in [1.54, 1.807) is 13.0 Å². The molecule has 0 aromatic heterocycles. The number of amides is 1. The molecule has 0 saturated carbocycles. The van der Waals surface area contributed by atoms with Crippen molar-refractivity contribution in [3.8, 4) is 0 Å². The van der Waals surface area contributed by atoms with Gasteiger partial charge in [0, 0.05) is 12.1 Å². The third-order valence-corrected chi connectivity index (χ3v) is 0.813. The highest BCUT2D eigenvalue weighted by Crippen LogP contribution is 1.85. The normalized spacial score (nSPS) is 10.2. The van der Waals surface area contributed by atoms with Gasteiger partial charge in [-0.05, 0) is 6.92 Å². The van der Waals surface area contributed by atoms with Crippen LogP contribution in [0.5, 0.6) is 0 Å². The molecule has 9 heavy (non-hydrogen) atoms. The maximum atomic E-state index is 10.2. The van der Waals surface area contributed by atoms with Crippen LogP contribution in [0.4, 0.5) is 0 Å². The molecule has 0 heterocycles. The summed E-state index contributed by atoms with van der Waals surface area (Å²) < 4.78 is 0. The summed E-state index contributed by atoms with van der Waals surface area (Å²) in [5.41, 5.74) is 10.5. The van der Waals surface area contributed by atoms with Crippen LogP contribution in [0.3, 0.4) is 0 Å². The molecular formula is C5H11ClN2O. The summed E-state index contributed by atoms with van der Waals surface area (Å²) in [4.78, 5) is 10.2. The largest absolute Gasteiger partial charge is 0.366 e. The molecule has 4 N–H and O–H groups in total. The molecule has 0 fully saturated rings. The minimum Gasteiger partial charge on any atom is -0.366 e. The number of carbonyl (C=O) groups excluding carboxylic acids is 1. The Bertz CT molecular complexity index is 122. The Morgan fingerprint density at radius 2 is 2.11 bits per heavy atom. The van der Waals surface area contributed by atoms with Crippen LogP contribution in [0, 0.1) is 0 Å². The number of halogens is 1. The van der Waals surface area contributed by atoms with Gasteiger partial charge in [0.15, 0.2) is 0 Å². The van der Waals surface area contributed by atoms with Crippen molar-refractivity contribution in [1.82, 2.24) is 0 Å². The van der Waals surface area contributed by atoms with Crippen molar-refractivity contribution in [2.24, 2.45) is 11.5 Å². The highest BCUT2D eigenvalue weighted by Gasteiger charge is 1.92. The van der Waals surface area contributed by atoms with Crippen molar-refractivity contribution in [3.05, 3.63) is 11.6 Å². The Hall–Kier alpha value is -0.540. The predicted octanol–water partition coefficient (Wildman–Crippen LogP) is -0.202. The third-order valence-electron chi connectivity index (χ3n) is 0.813. The minimum absolute atomic E-state index is 0. The summed E-state index contributed by atoms with van der Waals surface area (Å²) in [6.45, 7) is 2.00. The van der Waals surface area contributed by atoms with Crippen LogP contribution in [0.15, 0.2) is 11.6 Å². The molecule has 4 heteroatoms. The van der Waals surface area contributed by atoms with Gasteiger partial charge < -0.3 is 11.5 Å². The van der Waals surface area contributed by atoms with Gasteiger partial charge in [-0.1, -0.05) is 6.08 Å². The second kappa shape index (κ2) is 5.59. The van der Waals surface area contributed by atoms with E-state index in [4.69, 9.17) is 11.5 Å². The fourth-order valence-corrected chi connectivity index (χ4v) is 0.277. The van der Waals surface area contributed by atoms with E-state index in [0.717, 1.165) is 0 Å². The fraction of sp³-hybridized carbons (Fsp3) is 0.400. The summed E-state index contributed by atoms with van der Waals surface area (Å²) in [6.07, 6.45) is 1.59. The van der Waals surface area contributed by atoms with Crippen LogP contribution in [-0.2, 0) is 4.79 Å². The standard InChI is InChI=1S/C5H10N2O.ClH/c1-4(2-3-6)5(7)8;/h2H,3,6H2,1H3,(H2,7,8);1H. The summed E-state index contributed by atoms with van der Waals surface area (Å²) >= 11 is 0. The molecule has 0 aliphatic carbocycles. The first-order valence-corrected chi connectivity index (χ1v) is 2.35. The number of nitrogens with two attached hydrogens (primary N) is 2. The number of hydrogen-bond donors (Lipinski definition) is 2. The highest BCUT2D eigenvalue weighted by molar-refractivity contribution is 5.91. The molecule has 0 rings (SSSR count). The number of carbonyl (C=O) groups is 1. The van der Waals surface area contributed by atoms with E-state index in [0.29, 0.717) is 12.1 Å². The Morgan fingerprint density at radius 3 is 2.22 bits per heavy atom. The van der Waals surface area contributed by atoms with Gasteiger partial charge in [-0.3, -0.25) is 4.79 Å². The van der Waals surface area contributed by atoms with Gasteiger partial charge in [0.05, 0.1) is 0 Å². The second-order valence-electron chi connectivity index (χ2n) is 1.49. The van der Waals surface area contributed by atoms with Crippen molar-refractivity contribution < 1.29 is 4.79 Å². The van der Waals surface area contributed by atoms with Crippen LogP contribution in [0.1, 0.15) is 6.92 Å². The molecule has 1 amide bonds. The maximum absolute atomic E-state index is 10.2. The van der Waals surface area contributed by atoms with E-state index in [2.05, 4.69) is 0 Å². The summed E-state index contributed by atoms with van der Waals surface area (Å²) in [6, 6.07) is 0. The molecular weight excluding hydrogens is 140 g/mol. The number of hydrogen-bond acceptors (Lipinski definition) is 2. The summed E-state index contributed by atoms with van der Waals surface area (Å²) in [7, 11) is 0. The molecule has 54 valence electrons. The molecule has 0 saturated heterocycles. The van der Waals surface area contributed by atoms with Crippen molar-refractivity contribution in [3.63, 3.8) is 0 Å². The van der Waals surface area contributed by atoms with Gasteiger partial charge in [0.1, 0.15) is 0 Å². The average Bonchev–Trinajstić information content (AvgIpc) is 1.67. The van der Waals surface area contributed by atoms with E-state index in [1.165, 1.54) is 0 Å². The van der Waals surface area contributed by atoms with Gasteiger partial charge in [-0.15, -0.1) is 12.4 Å². The molecule has 0 aliphatic rings. The van der Waals surface area contributed by atoms with E-state index in [-0.39, 0.29) is 12.4 Å². The Balaban J connectivity index is 0. The lowest BCUT2D eigenvalue weighted by Gasteiger charge is -1.88. The van der Waals surface area contributed by atoms with Crippen molar-refractivity contribution >= 4 is 18.3 Å². The highest BCUT2D eigenvalue weighted by atomic mass is 35.5. The Kier molecular flexibility index (Phi) is 7.01. The predicted molar refractivity (Wildman–Crippen MR) is 39.3 cm³/mol. The van der Waals surface area contributed by atoms with Crippen molar-refractivity contribution in [2.75, 3.05) is 6.54 Å². The lowest BCUT2D eigenvalue weighted by Crippen LogP contribution is -2.12. The summed E-state index contributed by atoms with van der Waals surface area (Å²) in [5.74, 6) is -0.407. The van der Waals surface area contributed by atoms with Crippen LogP contribution < -0.4 is 11.5 Å². The van der Waals surface area contributed by atoms with Crippen LogP contribution >= 0.6 is 12.4 Å². The van der Waals surface area contributed by atoms with Gasteiger partial charge in [-0.25, -0.2) is 0 Å². The van der Waals surface area contributed by atoms with E-state index >= 15 is 0 Å². The molecule has 0 atom stereocenters. The van der Waals surface area contributed by atoms with Crippen molar-refractivity contribution in [1.29, 1.82) is 0 Å². The summed E-state index contributed by atoms with van der Waals surface area (Å²) in [5, 5.41) is 0.